The Hall–Kier alpha value is -13.5. The first-order valence-corrected chi connectivity index (χ1v) is 49.3. The molecule has 5 N–H and O–H groups in total. The smallest absolute Gasteiger partial charge is 0.155 e. The van der Waals surface area contributed by atoms with Gasteiger partial charge in [0.25, 0.3) is 0 Å². The van der Waals surface area contributed by atoms with E-state index in [-0.39, 0.29) is 164 Å². The molecule has 26 heteroatoms. The molecule has 761 valence electrons. The minimum atomic E-state index is -2.12. The Morgan fingerprint density at radius 2 is 0.575 bits per heavy atom. The van der Waals surface area contributed by atoms with Crippen molar-refractivity contribution in [3.63, 3.8) is 0 Å². The second kappa shape index (κ2) is 58.0. The molecule has 0 saturated heterocycles. The second-order valence-electron chi connectivity index (χ2n) is 34.9. The summed E-state index contributed by atoms with van der Waals surface area (Å²) in [6, 6.07) is 109. The van der Waals surface area contributed by atoms with Gasteiger partial charge in [0.1, 0.15) is 28.2 Å². The Morgan fingerprint density at radius 1 is 0.315 bits per heavy atom. The largest absolute Gasteiger partial charge is 0.512 e. The molecule has 20 nitrogen and oxygen atoms in total. The number of allylic oxidation sites excluding steroid dienone is 10. The Bertz CT molecular complexity index is 7700. The van der Waals surface area contributed by atoms with E-state index in [0.717, 1.165) is 79.4 Å². The fourth-order valence-electron chi connectivity index (χ4n) is 16.1. The number of fused-ring (bicyclic) bond motifs is 15. The fourth-order valence-corrected chi connectivity index (χ4v) is 17.9. The van der Waals surface area contributed by atoms with Crippen LogP contribution in [-0.4, -0.2) is 110 Å². The summed E-state index contributed by atoms with van der Waals surface area (Å²) in [4.78, 5) is 73.0. The van der Waals surface area contributed by atoms with E-state index in [1.54, 1.807) is 18.3 Å². The molecular weight excluding hydrogens is 2730 g/mol. The van der Waals surface area contributed by atoms with E-state index in [1.165, 1.54) is 193 Å². The minimum absolute atomic E-state index is 0. The average Bonchev–Trinajstić information content (AvgIpc) is 1.61. The summed E-state index contributed by atoms with van der Waals surface area (Å²) in [7, 11) is -1.35. The molecule has 146 heavy (non-hydrogen) atoms. The van der Waals surface area contributed by atoms with Crippen LogP contribution in [0.25, 0.3) is 138 Å². The van der Waals surface area contributed by atoms with Crippen molar-refractivity contribution in [1.29, 1.82) is 0 Å². The number of carbonyl (C=O) groups is 5. The van der Waals surface area contributed by atoms with Gasteiger partial charge in [-0.25, -0.2) is 24.9 Å². The van der Waals surface area contributed by atoms with Crippen LogP contribution in [-0.2, 0) is 131 Å². The van der Waals surface area contributed by atoms with Crippen molar-refractivity contribution in [2.24, 2.45) is 5.92 Å². The average molecular weight is 2850 g/mol. The van der Waals surface area contributed by atoms with Crippen LogP contribution in [0.15, 0.2) is 363 Å². The molecular formula is C120H117Ir5N10O10Si-5. The molecule has 0 unspecified atom stereocenters. The number of hydrogen-bond acceptors (Lipinski definition) is 15. The molecule has 10 aromatic carbocycles. The van der Waals surface area contributed by atoms with Gasteiger partial charge in [-0.2, -0.15) is 118 Å². The molecule has 0 aliphatic heterocycles. The SMILES string of the molecule is CC(=O)C=C(C)O.CC(=O)C=C(C)O.CC(=O)C=C(C)O.CC(=O)C=C(C)O.CC(=O)C=C(C)O.CC(C)Cc1cc[c-]c(-n2c3ccccc3c3cccnc32)c1.Cc1c[c-]c(-n2c3ccccc3c3cccnc32)cc1.Cc1cc(-n2c3ccccc3c3cccnc32)[c-]cc1[Si](C)(C)C.[2H]C([2H])([2H])c1c[c-]c(-n2c3ccccc3c3cccnc32)cc1.[Ir].[Ir].[Ir].[Ir].[Ir].[c-]1ccccc1-n1c2ccccc2c2cccnc21. The molecule has 5 radical (unpaired) electrons. The van der Waals surface area contributed by atoms with E-state index in [1.807, 2.05) is 114 Å². The molecule has 0 aliphatic carbocycles. The van der Waals surface area contributed by atoms with Crippen molar-refractivity contribution >= 4 is 152 Å². The van der Waals surface area contributed by atoms with Crippen molar-refractivity contribution in [1.82, 2.24) is 47.8 Å². The summed E-state index contributed by atoms with van der Waals surface area (Å²) in [5.74, 6) is 0.328. The van der Waals surface area contributed by atoms with Gasteiger partial charge < -0.3 is 48.4 Å². The maximum atomic E-state index is 10.0. The molecule has 0 fully saturated rings. The summed E-state index contributed by atoms with van der Waals surface area (Å²) >= 11 is 0. The summed E-state index contributed by atoms with van der Waals surface area (Å²) in [6.07, 6.45) is 16.1. The van der Waals surface area contributed by atoms with Crippen LogP contribution in [0.1, 0.15) is 109 Å². The van der Waals surface area contributed by atoms with Crippen LogP contribution in [0.5, 0.6) is 0 Å². The van der Waals surface area contributed by atoms with Crippen molar-refractivity contribution < 1.29 is 154 Å². The predicted molar refractivity (Wildman–Crippen MR) is 578 cm³/mol. The second-order valence-corrected chi connectivity index (χ2v) is 40.0. The Kier molecular flexibility index (Phi) is 46.1. The number of carbonyl (C=O) groups excluding carboxylic acids is 5. The van der Waals surface area contributed by atoms with Crippen LogP contribution >= 0.6 is 0 Å². The maximum absolute atomic E-state index is 10.0. The van der Waals surface area contributed by atoms with Gasteiger partial charge in [-0.15, -0.1) is 30.3 Å². The number of benzene rings is 10. The minimum Gasteiger partial charge on any atom is -0.512 e. The van der Waals surface area contributed by atoms with E-state index in [2.05, 4.69) is 291 Å². The van der Waals surface area contributed by atoms with Crippen LogP contribution in [0.2, 0.25) is 19.6 Å². The van der Waals surface area contributed by atoms with Crippen LogP contribution in [0, 0.1) is 56.9 Å². The number of rotatable bonds is 13. The molecule has 0 amide bonds. The number of aliphatic hydroxyl groups excluding tert-OH is 5. The van der Waals surface area contributed by atoms with Crippen LogP contribution in [0.3, 0.4) is 0 Å². The van der Waals surface area contributed by atoms with E-state index in [9.17, 15) is 24.0 Å². The van der Waals surface area contributed by atoms with Crippen molar-refractivity contribution in [2.75, 3.05) is 0 Å². The molecule has 20 rings (SSSR count). The van der Waals surface area contributed by atoms with Gasteiger partial charge >= 0.3 is 0 Å². The molecule has 0 atom stereocenters. The predicted octanol–water partition coefficient (Wildman–Crippen LogP) is 27.7. The number of aromatic nitrogens is 10. The van der Waals surface area contributed by atoms with E-state index < -0.39 is 14.9 Å². The van der Waals surface area contributed by atoms with Crippen molar-refractivity contribution in [3.05, 3.63) is 416 Å². The number of nitrogens with zero attached hydrogens (tertiary/aromatic N) is 10. The molecule has 10 aromatic heterocycles. The number of aryl methyl sites for hydroxylation is 3. The third kappa shape index (κ3) is 33.0. The van der Waals surface area contributed by atoms with Gasteiger partial charge in [-0.1, -0.05) is 174 Å². The summed E-state index contributed by atoms with van der Waals surface area (Å²) in [5, 5.41) is 55.1. The zero-order valence-corrected chi connectivity index (χ0v) is 96.9. The molecule has 20 aromatic rings. The zero-order valence-electron chi connectivity index (χ0n) is 87.0. The normalized spacial score (nSPS) is 11.5. The number of para-hydroxylation sites is 6. The van der Waals surface area contributed by atoms with E-state index >= 15 is 0 Å². The number of pyridine rings is 5. The maximum Gasteiger partial charge on any atom is 0.155 e. The standard InChI is InChI=1S/C21H21N2Si.C21H19N2.2C18H13N2.C17H11N2.5C5H8O2.5Ir/c1-15-14-16(11-12-20(15)24(2,3)4)23-19-10-6-5-8-17(19)18-9-7-13-22-21(18)23;1-15(2)13-16-7-5-8-17(14-16)23-20-11-4-3-9-18(20)19-10-6-12-22-21(19)23;2*1-13-8-10-14(11-9-13)20-17-7-3-2-5-15(17)16-6-4-12-19-18(16)20;1-2-7-13(8-3-1)19-16-11-5-4-9-14(16)15-10-6-12-18-17(15)19;5*1-4(6)3-5(2)7;;;;;/h5-10,12-14H,1-4H3;3-7,9-12,14-15H,13H2,1-2H3;2*2-10,12H,1H3;1-7,9-12H;5*3,6H,1-2H3;;;;;/q5*-1;;;;;;;;;;/i;;1D3;;;;;;;;;;;;. The zero-order chi connectivity index (χ0) is 104. The topological polar surface area (TPSA) is 276 Å². The van der Waals surface area contributed by atoms with Crippen LogP contribution < -0.4 is 5.19 Å². The Labute approximate surface area is 925 Å². The third-order valence-electron chi connectivity index (χ3n) is 21.3. The molecule has 10 heterocycles. The Balaban J connectivity index is 0.000000261. The first kappa shape index (κ1) is 116. The van der Waals surface area contributed by atoms with Gasteiger partial charge in [0.15, 0.2) is 28.9 Å². The quantitative estimate of drug-likeness (QED) is 0.0311. The van der Waals surface area contributed by atoms with Gasteiger partial charge in [0, 0.05) is 228 Å². The number of hydrogen-bond donors (Lipinski definition) is 5. The monoisotopic (exact) mass is 2850 g/mol. The summed E-state index contributed by atoms with van der Waals surface area (Å²) < 4.78 is 33.2. The third-order valence-corrected chi connectivity index (χ3v) is 23.5. The van der Waals surface area contributed by atoms with Gasteiger partial charge in [-0.05, 0) is 173 Å². The van der Waals surface area contributed by atoms with E-state index in [0.29, 0.717) is 5.92 Å². The van der Waals surface area contributed by atoms with Crippen LogP contribution in [0.4, 0.5) is 0 Å². The molecule has 0 spiro atoms. The first-order valence-electron chi connectivity index (χ1n) is 47.3. The first-order chi connectivity index (χ1) is 68.7. The number of aliphatic hydroxyl groups is 5. The van der Waals surface area contributed by atoms with Crippen molar-refractivity contribution in [3.8, 4) is 28.4 Å². The molecule has 0 aliphatic rings. The van der Waals surface area contributed by atoms with E-state index in [4.69, 9.17) is 29.6 Å². The fraction of sp³-hybridized carbons (Fsp3) is 0.167. The van der Waals surface area contributed by atoms with Crippen molar-refractivity contribution in [2.45, 2.75) is 130 Å². The van der Waals surface area contributed by atoms with Gasteiger partial charge in [-0.3, -0.25) is 24.0 Å². The number of ketones is 5. The summed E-state index contributed by atoms with van der Waals surface area (Å²) in [5.41, 5.74) is 19.7. The Morgan fingerprint density at radius 3 is 0.822 bits per heavy atom. The van der Waals surface area contributed by atoms with Gasteiger partial charge in [0.05, 0.1) is 56.4 Å². The molecule has 0 bridgehead atoms. The summed E-state index contributed by atoms with van der Waals surface area (Å²) in [6.45, 7) is 28.0. The van der Waals surface area contributed by atoms with Gasteiger partial charge in [0.2, 0.25) is 0 Å². The molecule has 0 saturated carbocycles.